The van der Waals surface area contributed by atoms with Crippen molar-refractivity contribution in [2.45, 2.75) is 0 Å². The Bertz CT molecular complexity index is 665. The Morgan fingerprint density at radius 3 is 2.53 bits per heavy atom. The zero-order chi connectivity index (χ0) is 13.8. The number of ketones is 1. The second-order valence-electron chi connectivity index (χ2n) is 3.76. The predicted octanol–water partition coefficient (Wildman–Crippen LogP) is 3.65. The Hall–Kier alpha value is -2.26. The molecule has 0 saturated carbocycles. The van der Waals surface area contributed by atoms with Crippen molar-refractivity contribution in [1.29, 1.82) is 0 Å². The molecule has 2 heterocycles. The van der Waals surface area contributed by atoms with Gasteiger partial charge in [-0.1, -0.05) is 24.8 Å². The summed E-state index contributed by atoms with van der Waals surface area (Å²) >= 11 is 5.89. The van der Waals surface area contributed by atoms with Crippen molar-refractivity contribution in [3.05, 3.63) is 71.3 Å². The van der Waals surface area contributed by atoms with Gasteiger partial charge in [0.15, 0.2) is 5.78 Å². The first kappa shape index (κ1) is 13.2. The van der Waals surface area contributed by atoms with Gasteiger partial charge in [0.05, 0.1) is 16.4 Å². The van der Waals surface area contributed by atoms with E-state index in [1.165, 1.54) is 12.3 Å². The molecule has 0 amide bonds. The van der Waals surface area contributed by atoms with Crippen molar-refractivity contribution in [1.82, 2.24) is 9.97 Å². The first-order valence-electron chi connectivity index (χ1n) is 5.57. The van der Waals surface area contributed by atoms with E-state index in [4.69, 9.17) is 11.6 Å². The third kappa shape index (κ3) is 2.61. The molecule has 0 aliphatic heterocycles. The van der Waals surface area contributed by atoms with Gasteiger partial charge in [0.25, 0.3) is 0 Å². The second kappa shape index (κ2) is 5.59. The highest BCUT2D eigenvalue weighted by atomic mass is 35.5. The molecule has 3 nitrogen and oxygen atoms in total. The highest BCUT2D eigenvalue weighted by Crippen LogP contribution is 2.20. The fourth-order valence-corrected chi connectivity index (χ4v) is 1.87. The maximum Gasteiger partial charge on any atom is 0.197 e. The predicted molar refractivity (Wildman–Crippen MR) is 77.1 cm³/mol. The average Bonchev–Trinajstić information content (AvgIpc) is 2.46. The maximum absolute atomic E-state index is 12.5. The van der Waals surface area contributed by atoms with Crippen molar-refractivity contribution in [2.24, 2.45) is 0 Å². The molecule has 0 aromatic carbocycles. The number of carbonyl (C=O) groups is 1. The summed E-state index contributed by atoms with van der Waals surface area (Å²) in [5, 5.41) is 0.401. The van der Waals surface area contributed by atoms with Crippen molar-refractivity contribution < 1.29 is 4.79 Å². The van der Waals surface area contributed by atoms with E-state index in [9.17, 15) is 4.79 Å². The van der Waals surface area contributed by atoms with Gasteiger partial charge in [-0.2, -0.15) is 0 Å². The molecule has 2 aromatic rings. The zero-order valence-electron chi connectivity index (χ0n) is 10.1. The maximum atomic E-state index is 12.5. The normalized spacial score (nSPS) is 9.95. The van der Waals surface area contributed by atoms with Gasteiger partial charge < -0.3 is 0 Å². The van der Waals surface area contributed by atoms with Gasteiger partial charge in [0.2, 0.25) is 0 Å². The number of halogens is 1. The Morgan fingerprint density at radius 2 is 1.84 bits per heavy atom. The molecule has 0 radical (unpaired) electrons. The number of carbonyl (C=O) groups excluding carboxylic acids is 1. The average molecular weight is 271 g/mol. The highest BCUT2D eigenvalue weighted by molar-refractivity contribution is 6.31. The van der Waals surface area contributed by atoms with E-state index in [1.54, 1.807) is 30.5 Å². The van der Waals surface area contributed by atoms with Gasteiger partial charge in [-0.15, -0.1) is 0 Å². The van der Waals surface area contributed by atoms with Crippen LogP contribution < -0.4 is 0 Å². The molecule has 0 atom stereocenters. The summed E-state index contributed by atoms with van der Waals surface area (Å²) in [5.74, 6) is -0.201. The molecule has 0 unspecified atom stereocenters. The van der Waals surface area contributed by atoms with E-state index in [0.29, 0.717) is 27.5 Å². The molecular weight excluding hydrogens is 260 g/mol. The van der Waals surface area contributed by atoms with Crippen LogP contribution in [0.3, 0.4) is 0 Å². The first-order chi connectivity index (χ1) is 9.17. The lowest BCUT2D eigenvalue weighted by atomic mass is 10.0. The lowest BCUT2D eigenvalue weighted by Gasteiger charge is -2.07. The Morgan fingerprint density at radius 1 is 1.16 bits per heavy atom. The molecule has 2 rings (SSSR count). The highest BCUT2D eigenvalue weighted by Gasteiger charge is 2.16. The largest absolute Gasteiger partial charge is 0.288 e. The molecule has 0 N–H and O–H groups in total. The van der Waals surface area contributed by atoms with Gasteiger partial charge in [0.1, 0.15) is 0 Å². The monoisotopic (exact) mass is 270 g/mol. The molecule has 0 bridgehead atoms. The van der Waals surface area contributed by atoms with Gasteiger partial charge in [-0.05, 0) is 30.4 Å². The number of nitrogens with zero attached hydrogens (tertiary/aromatic N) is 2. The van der Waals surface area contributed by atoms with Crippen LogP contribution in [0, 0.1) is 0 Å². The van der Waals surface area contributed by atoms with Crippen LogP contribution >= 0.6 is 11.6 Å². The van der Waals surface area contributed by atoms with Crippen LogP contribution in [0.1, 0.15) is 27.3 Å². The Labute approximate surface area is 116 Å². The van der Waals surface area contributed by atoms with Gasteiger partial charge >= 0.3 is 0 Å². The molecule has 0 fully saturated rings. The number of hydrogen-bond acceptors (Lipinski definition) is 3. The van der Waals surface area contributed by atoms with E-state index in [-0.39, 0.29) is 5.78 Å². The lowest BCUT2D eigenvalue weighted by molar-refractivity contribution is 0.103. The van der Waals surface area contributed by atoms with Crippen molar-refractivity contribution in [3.8, 4) is 0 Å². The number of aromatic nitrogens is 2. The van der Waals surface area contributed by atoms with E-state index in [1.807, 2.05) is 0 Å². The second-order valence-corrected chi connectivity index (χ2v) is 4.20. The number of pyridine rings is 2. The summed E-state index contributed by atoms with van der Waals surface area (Å²) in [6.07, 6.45) is 6.15. The summed E-state index contributed by atoms with van der Waals surface area (Å²) in [7, 11) is 0. The Kier molecular flexibility index (Phi) is 3.88. The van der Waals surface area contributed by atoms with Crippen LogP contribution in [-0.4, -0.2) is 15.8 Å². The minimum Gasteiger partial charge on any atom is -0.288 e. The van der Waals surface area contributed by atoms with Crippen LogP contribution in [0.5, 0.6) is 0 Å². The molecule has 0 aliphatic carbocycles. The van der Waals surface area contributed by atoms with Crippen LogP contribution in [0.25, 0.3) is 12.2 Å². The zero-order valence-corrected chi connectivity index (χ0v) is 10.9. The summed E-state index contributed by atoms with van der Waals surface area (Å²) < 4.78 is 0. The van der Waals surface area contributed by atoms with Gasteiger partial charge in [-0.25, -0.2) is 0 Å². The summed E-state index contributed by atoms with van der Waals surface area (Å²) in [5.41, 5.74) is 1.89. The summed E-state index contributed by atoms with van der Waals surface area (Å²) in [6, 6.07) is 4.97. The number of hydrogen-bond donors (Lipinski definition) is 0. The molecular formula is C15H11ClN2O. The SMILES string of the molecule is C=Cc1ncccc1C(=O)c1cc(Cl)cnc1C=C. The Balaban J connectivity index is 2.58. The van der Waals surface area contributed by atoms with Crippen LogP contribution in [-0.2, 0) is 0 Å². The first-order valence-corrected chi connectivity index (χ1v) is 5.95. The van der Waals surface area contributed by atoms with E-state index in [0.717, 1.165) is 0 Å². The van der Waals surface area contributed by atoms with Crippen molar-refractivity contribution >= 4 is 29.5 Å². The summed E-state index contributed by atoms with van der Waals surface area (Å²) in [4.78, 5) is 20.7. The quantitative estimate of drug-likeness (QED) is 0.797. The van der Waals surface area contributed by atoms with Gasteiger partial charge in [-0.3, -0.25) is 14.8 Å². The molecule has 0 aliphatic rings. The fourth-order valence-electron chi connectivity index (χ4n) is 1.71. The topological polar surface area (TPSA) is 42.9 Å². The van der Waals surface area contributed by atoms with Crippen molar-refractivity contribution in [3.63, 3.8) is 0 Å². The molecule has 4 heteroatoms. The molecule has 94 valence electrons. The number of rotatable bonds is 4. The van der Waals surface area contributed by atoms with Crippen LogP contribution in [0.2, 0.25) is 5.02 Å². The lowest BCUT2D eigenvalue weighted by Crippen LogP contribution is -2.07. The van der Waals surface area contributed by atoms with Crippen LogP contribution in [0.15, 0.2) is 43.8 Å². The van der Waals surface area contributed by atoms with E-state index in [2.05, 4.69) is 23.1 Å². The standard InChI is InChI=1S/C15H11ClN2O/c1-3-13-11(6-5-7-17-13)15(19)12-8-10(16)9-18-14(12)4-2/h3-9H,1-2H2. The molecule has 0 spiro atoms. The van der Waals surface area contributed by atoms with Gasteiger partial charge in [0, 0.05) is 23.5 Å². The summed E-state index contributed by atoms with van der Waals surface area (Å²) in [6.45, 7) is 7.30. The molecule has 2 aromatic heterocycles. The van der Waals surface area contributed by atoms with E-state index >= 15 is 0 Å². The molecule has 19 heavy (non-hydrogen) atoms. The van der Waals surface area contributed by atoms with Crippen LogP contribution in [0.4, 0.5) is 0 Å². The van der Waals surface area contributed by atoms with Crippen molar-refractivity contribution in [2.75, 3.05) is 0 Å². The third-order valence-corrected chi connectivity index (χ3v) is 2.81. The minimum absolute atomic E-state index is 0.201. The molecule has 0 saturated heterocycles. The third-order valence-electron chi connectivity index (χ3n) is 2.60. The fraction of sp³-hybridized carbons (Fsp3) is 0. The van der Waals surface area contributed by atoms with E-state index < -0.39 is 0 Å². The minimum atomic E-state index is -0.201. The smallest absolute Gasteiger partial charge is 0.197 e.